The van der Waals surface area contributed by atoms with Crippen LogP contribution < -0.4 is 0 Å². The number of fused-ring (bicyclic) bond motifs is 5. The van der Waals surface area contributed by atoms with E-state index in [0.29, 0.717) is 23.7 Å². The van der Waals surface area contributed by atoms with Gasteiger partial charge in [0, 0.05) is 12.5 Å². The van der Waals surface area contributed by atoms with Crippen molar-refractivity contribution in [2.45, 2.75) is 177 Å². The van der Waals surface area contributed by atoms with Crippen molar-refractivity contribution in [3.63, 3.8) is 0 Å². The zero-order valence-corrected chi connectivity index (χ0v) is 32.9. The fourth-order valence-electron chi connectivity index (χ4n) is 11.6. The summed E-state index contributed by atoms with van der Waals surface area (Å²) in [5.41, 5.74) is -0.645. The Morgan fingerprint density at radius 2 is 1.58 bits per heavy atom. The number of methoxy groups -OCH3 is 1. The minimum atomic E-state index is -1.14. The number of carboxylic acid groups (broad SMARTS) is 1. The van der Waals surface area contributed by atoms with Gasteiger partial charge in [-0.2, -0.15) is 0 Å². The number of ether oxygens (including phenoxy) is 3. The first-order chi connectivity index (χ1) is 21.7. The van der Waals surface area contributed by atoms with Crippen molar-refractivity contribution >= 4 is 11.9 Å². The van der Waals surface area contributed by atoms with Gasteiger partial charge >= 0.3 is 11.9 Å². The molecule has 0 heterocycles. The second kappa shape index (κ2) is 13.0. The van der Waals surface area contributed by atoms with Gasteiger partial charge in [-0.15, -0.1) is 0 Å². The number of aliphatic carboxylic acids is 1. The molecular weight excluding hydrogens is 604 g/mol. The molecule has 0 radical (unpaired) electrons. The highest BCUT2D eigenvalue weighted by molar-refractivity contribution is 5.81. The van der Waals surface area contributed by atoms with E-state index in [4.69, 9.17) is 14.2 Å². The maximum Gasteiger partial charge on any atom is 0.309 e. The van der Waals surface area contributed by atoms with Crippen LogP contribution in [0.5, 0.6) is 0 Å². The number of carbonyl (C=O) groups is 2. The summed E-state index contributed by atoms with van der Waals surface area (Å²) in [6, 6.07) is 0. The molecule has 0 bridgehead atoms. The fourth-order valence-corrected chi connectivity index (χ4v) is 11.6. The molecule has 48 heavy (non-hydrogen) atoms. The van der Waals surface area contributed by atoms with Crippen molar-refractivity contribution in [3.8, 4) is 0 Å². The molecular formula is C41H70O7. The third kappa shape index (κ3) is 6.92. The number of carbonyl (C=O) groups excluding carboxylic acids is 1. The molecule has 3 fully saturated rings. The van der Waals surface area contributed by atoms with E-state index in [0.717, 1.165) is 25.7 Å². The zero-order valence-electron chi connectivity index (χ0n) is 32.9. The molecule has 4 aliphatic carbocycles. The smallest absolute Gasteiger partial charge is 0.309 e. The normalized spacial score (nSPS) is 36.9. The number of rotatable bonds is 11. The van der Waals surface area contributed by atoms with Gasteiger partial charge in [-0.3, -0.25) is 9.59 Å². The Morgan fingerprint density at radius 3 is 2.12 bits per heavy atom. The van der Waals surface area contributed by atoms with Crippen molar-refractivity contribution in [2.24, 2.45) is 50.7 Å². The number of hydrogen-bond acceptors (Lipinski definition) is 6. The van der Waals surface area contributed by atoms with Crippen LogP contribution in [0.3, 0.4) is 0 Å². The summed E-state index contributed by atoms with van der Waals surface area (Å²) >= 11 is 0. The molecule has 0 aromatic rings. The maximum atomic E-state index is 13.0. The Hall–Kier alpha value is -1.44. The van der Waals surface area contributed by atoms with Crippen molar-refractivity contribution in [3.05, 3.63) is 11.6 Å². The molecule has 2 N–H and O–H groups in total. The SMILES string of the molecule is CO[C@@H]([C@@H](CC(C)[C@@H]1CC[C@]2(C)C3=CCC4C(C)(C)C(OC(=O)CC(C)(C)C(=O)O)CC[C@]4(C)C3CC[C@@]12C)OC(C)(C)C)C(C)(C)O. The second-order valence-electron chi connectivity index (χ2n) is 19.9. The van der Waals surface area contributed by atoms with Gasteiger partial charge in [0.15, 0.2) is 0 Å². The van der Waals surface area contributed by atoms with Crippen LogP contribution in [0.1, 0.15) is 148 Å². The van der Waals surface area contributed by atoms with E-state index in [1.165, 1.54) is 25.7 Å². The molecule has 4 rings (SSSR count). The van der Waals surface area contributed by atoms with Gasteiger partial charge in [0.25, 0.3) is 0 Å². The summed E-state index contributed by atoms with van der Waals surface area (Å²) in [6.45, 7) is 27.6. The summed E-state index contributed by atoms with van der Waals surface area (Å²) in [4.78, 5) is 24.7. The molecule has 0 aliphatic heterocycles. The second-order valence-corrected chi connectivity index (χ2v) is 19.9. The van der Waals surface area contributed by atoms with E-state index < -0.39 is 29.1 Å². The minimum absolute atomic E-state index is 0.118. The minimum Gasteiger partial charge on any atom is -0.481 e. The van der Waals surface area contributed by atoms with E-state index in [1.54, 1.807) is 26.5 Å². The quantitative estimate of drug-likeness (QED) is 0.167. The predicted molar refractivity (Wildman–Crippen MR) is 190 cm³/mol. The Morgan fingerprint density at radius 1 is 0.958 bits per heavy atom. The lowest BCUT2D eigenvalue weighted by molar-refractivity contribution is -0.183. The Balaban J connectivity index is 1.57. The first kappa shape index (κ1) is 39.3. The summed E-state index contributed by atoms with van der Waals surface area (Å²) in [7, 11) is 1.68. The van der Waals surface area contributed by atoms with Crippen LogP contribution in [0.25, 0.3) is 0 Å². The van der Waals surface area contributed by atoms with Crippen molar-refractivity contribution in [1.29, 1.82) is 0 Å². The van der Waals surface area contributed by atoms with Crippen LogP contribution in [0, 0.1) is 50.7 Å². The highest BCUT2D eigenvalue weighted by atomic mass is 16.6. The lowest BCUT2D eigenvalue weighted by Gasteiger charge is -2.64. The molecule has 0 spiro atoms. The van der Waals surface area contributed by atoms with E-state index in [9.17, 15) is 19.8 Å². The van der Waals surface area contributed by atoms with Crippen LogP contribution in [0.15, 0.2) is 11.6 Å². The number of esters is 1. The number of aliphatic hydroxyl groups is 1. The summed E-state index contributed by atoms with van der Waals surface area (Å²) < 4.78 is 18.7. The molecule has 4 unspecified atom stereocenters. The van der Waals surface area contributed by atoms with E-state index >= 15 is 0 Å². The van der Waals surface area contributed by atoms with Gasteiger partial charge in [0.05, 0.1) is 29.1 Å². The number of carboxylic acids is 1. The van der Waals surface area contributed by atoms with Gasteiger partial charge < -0.3 is 24.4 Å². The summed E-state index contributed by atoms with van der Waals surface area (Å²) in [5, 5.41) is 20.6. The van der Waals surface area contributed by atoms with Gasteiger partial charge in [-0.1, -0.05) is 53.2 Å². The standard InChI is InChI=1S/C41H70O7/c1-25(23-29(48-35(2,3)4)33(46-14)38(9,10)45)26-17-21-41(13)28-15-16-30-37(7,8)31(47-32(42)24-36(5,6)34(43)44)19-20-39(30,11)27(28)18-22-40(26,41)12/h15,25-27,29-31,33,45H,16-24H2,1-14H3,(H,43,44)/t25?,26-,27?,29+,30?,31?,33-,39+,40-,41+/m0/s1. The molecule has 0 aromatic heterocycles. The monoisotopic (exact) mass is 675 g/mol. The van der Waals surface area contributed by atoms with Crippen molar-refractivity contribution in [1.82, 2.24) is 0 Å². The largest absolute Gasteiger partial charge is 0.481 e. The van der Waals surface area contributed by atoms with Gasteiger partial charge in [0.1, 0.15) is 12.2 Å². The Bertz CT molecular complexity index is 1240. The van der Waals surface area contributed by atoms with Crippen LogP contribution in [-0.2, 0) is 23.8 Å². The highest BCUT2D eigenvalue weighted by Gasteiger charge is 2.66. The molecule has 276 valence electrons. The zero-order chi connectivity index (χ0) is 36.5. The lowest BCUT2D eigenvalue weighted by atomic mass is 9.41. The van der Waals surface area contributed by atoms with E-state index in [2.05, 4.69) is 68.4 Å². The average molecular weight is 675 g/mol. The van der Waals surface area contributed by atoms with Gasteiger partial charge in [0.2, 0.25) is 0 Å². The Kier molecular flexibility index (Phi) is 10.6. The van der Waals surface area contributed by atoms with E-state index in [1.807, 2.05) is 13.8 Å². The topological polar surface area (TPSA) is 102 Å². The molecule has 7 heteroatoms. The van der Waals surface area contributed by atoms with Crippen molar-refractivity contribution < 1.29 is 34.0 Å². The molecule has 4 aliphatic rings. The van der Waals surface area contributed by atoms with Gasteiger partial charge in [-0.25, -0.2) is 0 Å². The van der Waals surface area contributed by atoms with Crippen LogP contribution in [-0.4, -0.2) is 58.8 Å². The third-order valence-corrected chi connectivity index (χ3v) is 14.4. The molecule has 0 aromatic carbocycles. The molecule has 7 nitrogen and oxygen atoms in total. The summed E-state index contributed by atoms with van der Waals surface area (Å²) in [5.74, 6) is 0.454. The highest BCUT2D eigenvalue weighted by Crippen LogP contribution is 2.73. The fraction of sp³-hybridized carbons (Fsp3) is 0.902. The van der Waals surface area contributed by atoms with Crippen LogP contribution in [0.2, 0.25) is 0 Å². The average Bonchev–Trinajstić information content (AvgIpc) is 3.20. The number of hydrogen-bond donors (Lipinski definition) is 2. The first-order valence-electron chi connectivity index (χ1n) is 18.8. The van der Waals surface area contributed by atoms with Crippen LogP contribution >= 0.6 is 0 Å². The molecule has 10 atom stereocenters. The Labute approximate surface area is 292 Å². The molecule has 0 saturated heterocycles. The van der Waals surface area contributed by atoms with Crippen LogP contribution in [0.4, 0.5) is 0 Å². The maximum absolute atomic E-state index is 13.0. The van der Waals surface area contributed by atoms with E-state index in [-0.39, 0.29) is 45.9 Å². The molecule has 3 saturated carbocycles. The molecule has 0 amide bonds. The third-order valence-electron chi connectivity index (χ3n) is 14.4. The lowest BCUT2D eigenvalue weighted by Crippen LogP contribution is -2.58. The van der Waals surface area contributed by atoms with Crippen molar-refractivity contribution in [2.75, 3.05) is 7.11 Å². The number of allylic oxidation sites excluding steroid dienone is 2. The predicted octanol–water partition coefficient (Wildman–Crippen LogP) is 9.00. The summed E-state index contributed by atoms with van der Waals surface area (Å²) in [6.07, 6.45) is 10.0. The first-order valence-corrected chi connectivity index (χ1v) is 18.8. The van der Waals surface area contributed by atoms with Gasteiger partial charge in [-0.05, 0) is 140 Å².